The molecule has 0 radical (unpaired) electrons. The minimum absolute atomic E-state index is 0.122. The van der Waals surface area contributed by atoms with Crippen molar-refractivity contribution in [2.24, 2.45) is 0 Å². The number of benzene rings is 2. The molecule has 0 saturated carbocycles. The number of non-ortho nitro benzene ring substituents is 1. The van der Waals surface area contributed by atoms with Crippen LogP contribution in [0.2, 0.25) is 0 Å². The number of para-hydroxylation sites is 1. The monoisotopic (exact) mass is 353 g/mol. The van der Waals surface area contributed by atoms with Crippen LogP contribution in [0.15, 0.2) is 58.1 Å². The van der Waals surface area contributed by atoms with Crippen LogP contribution in [0.4, 0.5) is 5.69 Å². The van der Waals surface area contributed by atoms with Gasteiger partial charge in [0, 0.05) is 24.2 Å². The average Bonchev–Trinajstić information content (AvgIpc) is 2.65. The van der Waals surface area contributed by atoms with Crippen LogP contribution in [0.1, 0.15) is 17.3 Å². The van der Waals surface area contributed by atoms with Crippen LogP contribution >= 0.6 is 0 Å². The highest BCUT2D eigenvalue weighted by molar-refractivity contribution is 5.96. The number of fused-ring (bicyclic) bond motifs is 1. The van der Waals surface area contributed by atoms with E-state index < -0.39 is 16.2 Å². The second-order valence-electron chi connectivity index (χ2n) is 5.66. The third-order valence-electron chi connectivity index (χ3n) is 4.15. The van der Waals surface area contributed by atoms with Crippen molar-refractivity contribution in [1.82, 2.24) is 9.13 Å². The van der Waals surface area contributed by atoms with E-state index in [-0.39, 0.29) is 30.1 Å². The van der Waals surface area contributed by atoms with Gasteiger partial charge in [0.25, 0.3) is 11.2 Å². The maximum atomic E-state index is 12.6. The minimum Gasteiger partial charge on any atom is -0.292 e. The Morgan fingerprint density at radius 2 is 1.69 bits per heavy atom. The Morgan fingerprint density at radius 3 is 2.31 bits per heavy atom. The maximum absolute atomic E-state index is 12.6. The average molecular weight is 353 g/mol. The summed E-state index contributed by atoms with van der Waals surface area (Å²) in [5.74, 6) is -0.381. The Balaban J connectivity index is 2.08. The van der Waals surface area contributed by atoms with Crippen molar-refractivity contribution in [3.8, 4) is 0 Å². The van der Waals surface area contributed by atoms with Gasteiger partial charge < -0.3 is 0 Å². The van der Waals surface area contributed by atoms with E-state index >= 15 is 0 Å². The lowest BCUT2D eigenvalue weighted by molar-refractivity contribution is -0.384. The number of aromatic nitrogens is 2. The lowest BCUT2D eigenvalue weighted by atomic mass is 10.1. The molecule has 0 aliphatic rings. The van der Waals surface area contributed by atoms with Gasteiger partial charge in [-0.05, 0) is 31.2 Å². The number of carbonyl (C=O) groups excluding carboxylic acids is 1. The maximum Gasteiger partial charge on any atom is 0.331 e. The molecule has 0 saturated heterocycles. The number of Topliss-reactive ketones (excluding diaryl/α,β-unsaturated/α-hetero) is 1. The van der Waals surface area contributed by atoms with Gasteiger partial charge in [0.1, 0.15) is 0 Å². The smallest absolute Gasteiger partial charge is 0.292 e. The zero-order valence-corrected chi connectivity index (χ0v) is 13.9. The van der Waals surface area contributed by atoms with E-state index in [4.69, 9.17) is 0 Å². The summed E-state index contributed by atoms with van der Waals surface area (Å²) in [4.78, 5) is 47.7. The quantitative estimate of drug-likeness (QED) is 0.396. The normalized spacial score (nSPS) is 10.8. The molecule has 0 amide bonds. The lowest BCUT2D eigenvalue weighted by Crippen LogP contribution is -2.40. The molecular formula is C18H15N3O5. The van der Waals surface area contributed by atoms with Gasteiger partial charge in [-0.15, -0.1) is 0 Å². The van der Waals surface area contributed by atoms with E-state index in [0.29, 0.717) is 10.9 Å². The molecule has 0 spiro atoms. The number of ketones is 1. The fourth-order valence-corrected chi connectivity index (χ4v) is 2.81. The van der Waals surface area contributed by atoms with Crippen molar-refractivity contribution < 1.29 is 9.72 Å². The topological polar surface area (TPSA) is 104 Å². The zero-order chi connectivity index (χ0) is 18.8. The predicted octanol–water partition coefficient (Wildman–Crippen LogP) is 1.97. The highest BCUT2D eigenvalue weighted by atomic mass is 16.6. The molecule has 8 heteroatoms. The van der Waals surface area contributed by atoms with E-state index in [1.807, 2.05) is 0 Å². The lowest BCUT2D eigenvalue weighted by Gasteiger charge is -2.12. The Kier molecular flexibility index (Phi) is 4.49. The first-order valence-electron chi connectivity index (χ1n) is 7.94. The number of hydrogen-bond donors (Lipinski definition) is 0. The third kappa shape index (κ3) is 2.92. The molecule has 1 heterocycles. The summed E-state index contributed by atoms with van der Waals surface area (Å²) < 4.78 is 2.33. The molecule has 1 aromatic heterocycles. The van der Waals surface area contributed by atoms with Crippen molar-refractivity contribution in [2.75, 3.05) is 0 Å². The van der Waals surface area contributed by atoms with E-state index in [1.165, 1.54) is 28.8 Å². The molecule has 0 aliphatic carbocycles. The van der Waals surface area contributed by atoms with Crippen molar-refractivity contribution in [3.63, 3.8) is 0 Å². The molecule has 0 aliphatic heterocycles. The molecule has 3 rings (SSSR count). The van der Waals surface area contributed by atoms with Gasteiger partial charge in [0.15, 0.2) is 5.78 Å². The summed E-state index contributed by atoms with van der Waals surface area (Å²) in [6.07, 6.45) is 0. The predicted molar refractivity (Wildman–Crippen MR) is 95.6 cm³/mol. The van der Waals surface area contributed by atoms with Gasteiger partial charge in [-0.3, -0.25) is 28.8 Å². The van der Waals surface area contributed by atoms with Gasteiger partial charge in [-0.1, -0.05) is 12.1 Å². The molecule has 132 valence electrons. The second-order valence-corrected chi connectivity index (χ2v) is 5.66. The largest absolute Gasteiger partial charge is 0.331 e. The van der Waals surface area contributed by atoms with Gasteiger partial charge in [-0.25, -0.2) is 4.79 Å². The summed E-state index contributed by atoms with van der Waals surface area (Å²) in [5, 5.41) is 11.1. The van der Waals surface area contributed by atoms with Gasteiger partial charge >= 0.3 is 5.69 Å². The first-order chi connectivity index (χ1) is 12.4. The molecule has 0 unspecified atom stereocenters. The van der Waals surface area contributed by atoms with Crippen molar-refractivity contribution in [3.05, 3.63) is 85.0 Å². The number of nitro benzene ring substituents is 1. The second kappa shape index (κ2) is 6.75. The van der Waals surface area contributed by atoms with Crippen LogP contribution in [0, 0.1) is 10.1 Å². The molecule has 2 aromatic carbocycles. The minimum atomic E-state index is -0.563. The number of rotatable bonds is 5. The number of carbonyl (C=O) groups is 1. The summed E-state index contributed by atoms with van der Waals surface area (Å²) >= 11 is 0. The highest BCUT2D eigenvalue weighted by Gasteiger charge is 2.16. The molecule has 0 N–H and O–H groups in total. The fourth-order valence-electron chi connectivity index (χ4n) is 2.81. The standard InChI is InChI=1S/C18H15N3O5/c1-2-19-17(23)14-5-3-4-6-15(14)20(18(19)24)11-16(22)12-7-9-13(10-8-12)21(25)26/h3-10H,2,11H2,1H3. The molecular weight excluding hydrogens is 338 g/mol. The fraction of sp³-hybridized carbons (Fsp3) is 0.167. The Bertz CT molecular complexity index is 1130. The molecule has 0 bridgehead atoms. The van der Waals surface area contributed by atoms with Gasteiger partial charge in [0.2, 0.25) is 0 Å². The van der Waals surface area contributed by atoms with Crippen LogP contribution in [0.5, 0.6) is 0 Å². The number of nitrogens with zero attached hydrogens (tertiary/aromatic N) is 3. The Hall–Kier alpha value is -3.55. The molecule has 0 atom stereocenters. The van der Waals surface area contributed by atoms with Crippen LogP contribution in [-0.2, 0) is 13.1 Å². The Morgan fingerprint density at radius 1 is 1.04 bits per heavy atom. The van der Waals surface area contributed by atoms with Crippen LogP contribution in [-0.4, -0.2) is 19.8 Å². The molecule has 26 heavy (non-hydrogen) atoms. The summed E-state index contributed by atoms with van der Waals surface area (Å²) in [5.41, 5.74) is -0.453. The van der Waals surface area contributed by atoms with Crippen molar-refractivity contribution in [2.45, 2.75) is 20.0 Å². The SMILES string of the molecule is CCn1c(=O)c2ccccc2n(CC(=O)c2ccc([N+](=O)[O-])cc2)c1=O. The number of nitro groups is 1. The summed E-state index contributed by atoms with van der Waals surface area (Å²) in [6.45, 7) is 1.60. The Labute approximate surface area is 147 Å². The van der Waals surface area contributed by atoms with Gasteiger partial charge in [0.05, 0.1) is 22.4 Å². The van der Waals surface area contributed by atoms with E-state index in [0.717, 1.165) is 4.57 Å². The first-order valence-corrected chi connectivity index (χ1v) is 7.94. The molecule has 8 nitrogen and oxygen atoms in total. The highest BCUT2D eigenvalue weighted by Crippen LogP contribution is 2.14. The zero-order valence-electron chi connectivity index (χ0n) is 13.9. The van der Waals surface area contributed by atoms with Crippen LogP contribution < -0.4 is 11.2 Å². The molecule has 0 fully saturated rings. The van der Waals surface area contributed by atoms with E-state index in [2.05, 4.69) is 0 Å². The summed E-state index contributed by atoms with van der Waals surface area (Å²) in [6, 6.07) is 11.8. The van der Waals surface area contributed by atoms with E-state index in [1.54, 1.807) is 31.2 Å². The van der Waals surface area contributed by atoms with Crippen molar-refractivity contribution >= 4 is 22.4 Å². The van der Waals surface area contributed by atoms with Gasteiger partial charge in [-0.2, -0.15) is 0 Å². The van der Waals surface area contributed by atoms with E-state index in [9.17, 15) is 24.5 Å². The van der Waals surface area contributed by atoms with Crippen molar-refractivity contribution in [1.29, 1.82) is 0 Å². The van der Waals surface area contributed by atoms with Crippen LogP contribution in [0.3, 0.4) is 0 Å². The summed E-state index contributed by atoms with van der Waals surface area (Å²) in [7, 11) is 0. The van der Waals surface area contributed by atoms with Crippen LogP contribution in [0.25, 0.3) is 10.9 Å². The molecule has 3 aromatic rings. The number of hydrogen-bond acceptors (Lipinski definition) is 5. The first kappa shape index (κ1) is 17.3. The third-order valence-corrected chi connectivity index (χ3v) is 4.15.